The smallest absolute Gasteiger partial charge is 0.233 e. The Kier molecular flexibility index (Phi) is 6.96. The van der Waals surface area contributed by atoms with Crippen molar-refractivity contribution in [3.05, 3.63) is 0 Å². The van der Waals surface area contributed by atoms with E-state index in [4.69, 9.17) is 9.84 Å². The van der Waals surface area contributed by atoms with Crippen molar-refractivity contribution in [1.29, 1.82) is 0 Å². The zero-order valence-electron chi connectivity index (χ0n) is 8.86. The monoisotopic (exact) mass is 221 g/mol. The van der Waals surface area contributed by atoms with Crippen LogP contribution in [0, 0.1) is 5.92 Å². The van der Waals surface area contributed by atoms with Crippen molar-refractivity contribution in [1.82, 2.24) is 5.32 Å². The average molecular weight is 221 g/mol. The molecule has 0 bridgehead atoms. The first-order valence-electron chi connectivity index (χ1n) is 4.61. The highest BCUT2D eigenvalue weighted by Gasteiger charge is 2.20. The molecule has 0 spiro atoms. The van der Waals surface area contributed by atoms with Crippen LogP contribution in [-0.4, -0.2) is 42.6 Å². The Morgan fingerprint density at radius 2 is 2.14 bits per heavy atom. The molecule has 0 aliphatic heterocycles. The lowest BCUT2D eigenvalue weighted by Crippen LogP contribution is -2.45. The van der Waals surface area contributed by atoms with Gasteiger partial charge in [0.15, 0.2) is 0 Å². The van der Waals surface area contributed by atoms with Crippen LogP contribution in [0.4, 0.5) is 0 Å². The molecule has 0 radical (unpaired) electrons. The molecule has 5 heteroatoms. The van der Waals surface area contributed by atoms with Crippen LogP contribution in [0.15, 0.2) is 0 Å². The van der Waals surface area contributed by atoms with E-state index in [1.807, 2.05) is 13.8 Å². The number of rotatable bonds is 6. The summed E-state index contributed by atoms with van der Waals surface area (Å²) in [6.07, 6.45) is 0. The lowest BCUT2D eigenvalue weighted by molar-refractivity contribution is -0.122. The molecule has 0 fully saturated rings. The van der Waals surface area contributed by atoms with E-state index >= 15 is 0 Å². The van der Waals surface area contributed by atoms with Crippen LogP contribution in [0.1, 0.15) is 13.8 Å². The molecular formula is C9H19NO3S. The Morgan fingerprint density at radius 1 is 1.57 bits per heavy atom. The number of ether oxygens (including phenoxy) is 1. The Labute approximate surface area is 90.4 Å². The molecule has 84 valence electrons. The van der Waals surface area contributed by atoms with Gasteiger partial charge in [0, 0.05) is 7.11 Å². The molecule has 0 aromatic heterocycles. The molecule has 2 atom stereocenters. The van der Waals surface area contributed by atoms with Crippen LogP contribution in [0.25, 0.3) is 0 Å². The molecule has 0 heterocycles. The van der Waals surface area contributed by atoms with Gasteiger partial charge in [-0.2, -0.15) is 12.6 Å². The van der Waals surface area contributed by atoms with Crippen molar-refractivity contribution in [2.24, 2.45) is 5.92 Å². The lowest BCUT2D eigenvalue weighted by Gasteiger charge is -2.19. The van der Waals surface area contributed by atoms with E-state index in [9.17, 15) is 4.79 Å². The summed E-state index contributed by atoms with van der Waals surface area (Å²) < 4.78 is 4.84. The first kappa shape index (κ1) is 13.7. The summed E-state index contributed by atoms with van der Waals surface area (Å²) in [5.74, 6) is -0.000320. The molecule has 2 unspecified atom stereocenters. The van der Waals surface area contributed by atoms with Gasteiger partial charge in [0.05, 0.1) is 24.5 Å². The van der Waals surface area contributed by atoms with Crippen LogP contribution >= 0.6 is 12.6 Å². The van der Waals surface area contributed by atoms with Gasteiger partial charge in [0.1, 0.15) is 0 Å². The predicted molar refractivity (Wildman–Crippen MR) is 58.5 cm³/mol. The molecule has 2 N–H and O–H groups in total. The van der Waals surface area contributed by atoms with E-state index in [1.54, 1.807) is 0 Å². The molecular weight excluding hydrogens is 202 g/mol. The number of hydrogen-bond acceptors (Lipinski definition) is 4. The minimum atomic E-state index is -0.346. The predicted octanol–water partition coefficient (Wildman–Crippen LogP) is 0.0643. The normalized spacial score (nSPS) is 15.3. The van der Waals surface area contributed by atoms with E-state index in [-0.39, 0.29) is 29.7 Å². The van der Waals surface area contributed by atoms with Gasteiger partial charge in [-0.15, -0.1) is 0 Å². The number of carbonyl (C=O) groups is 1. The first-order valence-corrected chi connectivity index (χ1v) is 5.12. The summed E-state index contributed by atoms with van der Waals surface area (Å²) in [5.41, 5.74) is 0. The van der Waals surface area contributed by atoms with Crippen LogP contribution in [0.2, 0.25) is 0 Å². The average Bonchev–Trinajstić information content (AvgIpc) is 2.15. The Bertz CT molecular complexity index is 175. The molecule has 0 aromatic carbocycles. The SMILES string of the molecule is COCC(CO)NC(=O)C(S)C(C)C. The third-order valence-electron chi connectivity index (χ3n) is 1.83. The fourth-order valence-electron chi connectivity index (χ4n) is 0.931. The molecule has 1 amide bonds. The van der Waals surface area contributed by atoms with Crippen molar-refractivity contribution in [3.8, 4) is 0 Å². The molecule has 0 rings (SSSR count). The molecule has 0 aliphatic rings. The molecule has 0 saturated heterocycles. The number of nitrogens with one attached hydrogen (secondary N) is 1. The van der Waals surface area contributed by atoms with Gasteiger partial charge < -0.3 is 15.2 Å². The molecule has 4 nitrogen and oxygen atoms in total. The van der Waals surface area contributed by atoms with Gasteiger partial charge in [-0.3, -0.25) is 4.79 Å². The van der Waals surface area contributed by atoms with E-state index in [0.717, 1.165) is 0 Å². The third-order valence-corrected chi connectivity index (χ3v) is 2.67. The fourth-order valence-corrected chi connectivity index (χ4v) is 1.01. The molecule has 0 saturated carbocycles. The zero-order valence-corrected chi connectivity index (χ0v) is 9.75. The quantitative estimate of drug-likeness (QED) is 0.556. The lowest BCUT2D eigenvalue weighted by atomic mass is 10.1. The van der Waals surface area contributed by atoms with E-state index in [0.29, 0.717) is 6.61 Å². The Hall–Kier alpha value is -0.260. The summed E-state index contributed by atoms with van der Waals surface area (Å²) in [6, 6.07) is -0.346. The summed E-state index contributed by atoms with van der Waals surface area (Å²) in [5, 5.41) is 11.2. The Morgan fingerprint density at radius 3 is 2.50 bits per heavy atom. The van der Waals surface area contributed by atoms with Crippen LogP contribution < -0.4 is 5.32 Å². The highest BCUT2D eigenvalue weighted by Crippen LogP contribution is 2.08. The van der Waals surface area contributed by atoms with Crippen molar-refractivity contribution in [2.45, 2.75) is 25.1 Å². The second-order valence-corrected chi connectivity index (χ2v) is 4.09. The van der Waals surface area contributed by atoms with Gasteiger partial charge >= 0.3 is 0 Å². The van der Waals surface area contributed by atoms with Crippen LogP contribution in [0.5, 0.6) is 0 Å². The van der Waals surface area contributed by atoms with Crippen molar-refractivity contribution in [3.63, 3.8) is 0 Å². The topological polar surface area (TPSA) is 58.6 Å². The van der Waals surface area contributed by atoms with Crippen LogP contribution in [0.3, 0.4) is 0 Å². The molecule has 0 aliphatic carbocycles. The second-order valence-electron chi connectivity index (χ2n) is 3.53. The molecule has 0 aromatic rings. The van der Waals surface area contributed by atoms with Crippen molar-refractivity contribution < 1.29 is 14.6 Å². The number of hydrogen-bond donors (Lipinski definition) is 3. The summed E-state index contributed by atoms with van der Waals surface area (Å²) in [7, 11) is 1.52. The maximum absolute atomic E-state index is 11.5. The van der Waals surface area contributed by atoms with E-state index in [2.05, 4.69) is 17.9 Å². The fraction of sp³-hybridized carbons (Fsp3) is 0.889. The maximum Gasteiger partial charge on any atom is 0.233 e. The third kappa shape index (κ3) is 4.83. The second kappa shape index (κ2) is 7.09. The molecule has 14 heavy (non-hydrogen) atoms. The standard InChI is InChI=1S/C9H19NO3S/c1-6(2)8(14)9(12)10-7(4-11)5-13-3/h6-8,11,14H,4-5H2,1-3H3,(H,10,12). The van der Waals surface area contributed by atoms with Gasteiger partial charge in [0.2, 0.25) is 5.91 Å². The van der Waals surface area contributed by atoms with Crippen molar-refractivity contribution >= 4 is 18.5 Å². The van der Waals surface area contributed by atoms with E-state index < -0.39 is 0 Å². The number of thiol groups is 1. The van der Waals surface area contributed by atoms with Gasteiger partial charge in [-0.25, -0.2) is 0 Å². The number of aliphatic hydroxyl groups excluding tert-OH is 1. The van der Waals surface area contributed by atoms with E-state index in [1.165, 1.54) is 7.11 Å². The number of carbonyl (C=O) groups excluding carboxylic acids is 1. The Balaban J connectivity index is 4.01. The minimum absolute atomic E-state index is 0.127. The zero-order chi connectivity index (χ0) is 11.1. The van der Waals surface area contributed by atoms with Crippen LogP contribution in [-0.2, 0) is 9.53 Å². The van der Waals surface area contributed by atoms with Gasteiger partial charge in [-0.1, -0.05) is 13.8 Å². The summed E-state index contributed by atoms with van der Waals surface area (Å²) >= 11 is 4.17. The van der Waals surface area contributed by atoms with Crippen molar-refractivity contribution in [2.75, 3.05) is 20.3 Å². The maximum atomic E-state index is 11.5. The summed E-state index contributed by atoms with van der Waals surface area (Å²) in [6.45, 7) is 4.02. The first-order chi connectivity index (χ1) is 6.52. The highest BCUT2D eigenvalue weighted by atomic mass is 32.1. The number of methoxy groups -OCH3 is 1. The van der Waals surface area contributed by atoms with Gasteiger partial charge in [0.25, 0.3) is 0 Å². The number of aliphatic hydroxyl groups is 1. The number of amides is 1. The largest absolute Gasteiger partial charge is 0.394 e. The highest BCUT2D eigenvalue weighted by molar-refractivity contribution is 7.81. The minimum Gasteiger partial charge on any atom is -0.394 e. The summed E-state index contributed by atoms with van der Waals surface area (Å²) in [4.78, 5) is 11.5. The van der Waals surface area contributed by atoms with Gasteiger partial charge in [-0.05, 0) is 5.92 Å².